The van der Waals surface area contributed by atoms with E-state index >= 15 is 0 Å². The van der Waals surface area contributed by atoms with Gasteiger partial charge in [-0.05, 0) is 30.3 Å². The maximum Gasteiger partial charge on any atom is 0.293 e. The number of amides is 1. The highest BCUT2D eigenvalue weighted by Crippen LogP contribution is 2.32. The molecule has 1 N–H and O–H groups in total. The molecule has 0 aliphatic heterocycles. The van der Waals surface area contributed by atoms with Crippen molar-refractivity contribution in [2.24, 2.45) is 5.10 Å². The molecule has 0 unspecified atom stereocenters. The van der Waals surface area contributed by atoms with Crippen LogP contribution in [-0.2, 0) is 0 Å². The monoisotopic (exact) mass is 374 g/mol. The van der Waals surface area contributed by atoms with Crippen LogP contribution in [0.5, 0.6) is 0 Å². The first kappa shape index (κ1) is 18.8. The van der Waals surface area contributed by atoms with Gasteiger partial charge in [0.05, 0.1) is 11.1 Å². The van der Waals surface area contributed by atoms with Gasteiger partial charge in [0, 0.05) is 29.9 Å². The van der Waals surface area contributed by atoms with Crippen LogP contribution in [0.4, 0.5) is 17.1 Å². The number of hydrogen-bond acceptors (Lipinski definition) is 5. The van der Waals surface area contributed by atoms with E-state index in [1.807, 2.05) is 36.4 Å². The topological polar surface area (TPSA) is 87.8 Å². The van der Waals surface area contributed by atoms with Crippen LogP contribution in [0, 0.1) is 10.1 Å². The first-order valence-electron chi connectivity index (χ1n) is 8.52. The maximum absolute atomic E-state index is 12.0. The van der Waals surface area contributed by atoms with Gasteiger partial charge in [0.1, 0.15) is 5.69 Å². The van der Waals surface area contributed by atoms with E-state index < -0.39 is 4.92 Å². The van der Waals surface area contributed by atoms with Crippen molar-refractivity contribution in [3.8, 4) is 0 Å². The largest absolute Gasteiger partial charge is 0.339 e. The van der Waals surface area contributed by atoms with Gasteiger partial charge in [0.25, 0.3) is 11.6 Å². The average molecular weight is 374 g/mol. The van der Waals surface area contributed by atoms with E-state index in [2.05, 4.69) is 10.5 Å². The minimum absolute atomic E-state index is 0.0512. The summed E-state index contributed by atoms with van der Waals surface area (Å²) in [6.07, 6.45) is 1.38. The third kappa shape index (κ3) is 4.39. The lowest BCUT2D eigenvalue weighted by atomic mass is 10.1. The Morgan fingerprint density at radius 1 is 1.04 bits per heavy atom. The maximum atomic E-state index is 12.0. The summed E-state index contributed by atoms with van der Waals surface area (Å²) in [5, 5.41) is 15.4. The van der Waals surface area contributed by atoms with Crippen molar-refractivity contribution in [2.45, 2.75) is 0 Å². The van der Waals surface area contributed by atoms with Gasteiger partial charge in [-0.25, -0.2) is 5.43 Å². The number of rotatable bonds is 6. The molecular formula is C21H18N4O3. The molecule has 0 heterocycles. The van der Waals surface area contributed by atoms with E-state index in [0.29, 0.717) is 16.8 Å². The van der Waals surface area contributed by atoms with E-state index in [0.717, 1.165) is 5.69 Å². The molecule has 0 aliphatic rings. The first-order chi connectivity index (χ1) is 13.6. The van der Waals surface area contributed by atoms with E-state index in [1.54, 1.807) is 48.3 Å². The summed E-state index contributed by atoms with van der Waals surface area (Å²) in [6, 6.07) is 22.8. The molecule has 0 fully saturated rings. The molecule has 3 aromatic carbocycles. The lowest BCUT2D eigenvalue weighted by Crippen LogP contribution is -2.17. The third-order valence-corrected chi connectivity index (χ3v) is 4.12. The smallest absolute Gasteiger partial charge is 0.293 e. The van der Waals surface area contributed by atoms with Crippen LogP contribution in [0.1, 0.15) is 15.9 Å². The fraction of sp³-hybridized carbons (Fsp3) is 0.0476. The van der Waals surface area contributed by atoms with Gasteiger partial charge < -0.3 is 4.90 Å². The quantitative estimate of drug-likeness (QED) is 0.399. The molecule has 7 heteroatoms. The average Bonchev–Trinajstić information content (AvgIpc) is 2.74. The second-order valence-electron chi connectivity index (χ2n) is 5.96. The van der Waals surface area contributed by atoms with Crippen LogP contribution in [0.25, 0.3) is 0 Å². The fourth-order valence-corrected chi connectivity index (χ4v) is 2.66. The molecule has 0 bridgehead atoms. The van der Waals surface area contributed by atoms with Crippen molar-refractivity contribution in [3.05, 3.63) is 100 Å². The van der Waals surface area contributed by atoms with Crippen LogP contribution < -0.4 is 10.3 Å². The molecular weight excluding hydrogens is 356 g/mol. The molecule has 0 saturated carbocycles. The second-order valence-corrected chi connectivity index (χ2v) is 5.96. The summed E-state index contributed by atoms with van der Waals surface area (Å²) in [5.74, 6) is -0.355. The number of nitro benzene ring substituents is 1. The normalized spacial score (nSPS) is 10.6. The number of nitrogens with zero attached hydrogens (tertiary/aromatic N) is 3. The second kappa shape index (κ2) is 8.59. The van der Waals surface area contributed by atoms with Gasteiger partial charge in [-0.3, -0.25) is 14.9 Å². The third-order valence-electron chi connectivity index (χ3n) is 4.12. The van der Waals surface area contributed by atoms with Crippen LogP contribution in [0.15, 0.2) is 84.0 Å². The van der Waals surface area contributed by atoms with Crippen molar-refractivity contribution < 1.29 is 9.72 Å². The molecule has 3 aromatic rings. The Morgan fingerprint density at radius 2 is 1.68 bits per heavy atom. The molecule has 0 saturated heterocycles. The highest BCUT2D eigenvalue weighted by atomic mass is 16.6. The Hall–Kier alpha value is -4.00. The summed E-state index contributed by atoms with van der Waals surface area (Å²) >= 11 is 0. The van der Waals surface area contributed by atoms with Crippen molar-refractivity contribution in [1.29, 1.82) is 0 Å². The van der Waals surface area contributed by atoms with Gasteiger partial charge in [-0.1, -0.05) is 42.5 Å². The van der Waals surface area contributed by atoms with Gasteiger partial charge in [0.2, 0.25) is 0 Å². The molecule has 0 aliphatic carbocycles. The standard InChI is InChI=1S/C21H18N4O3/c1-24(18-10-6-3-7-11-18)19-13-12-16(14-20(19)25(27)28)15-22-23-21(26)17-8-4-2-5-9-17/h2-15H,1H3,(H,23,26)/b22-15-. The summed E-state index contributed by atoms with van der Waals surface area (Å²) in [7, 11) is 1.77. The van der Waals surface area contributed by atoms with Crippen molar-refractivity contribution in [3.63, 3.8) is 0 Å². The number of nitrogens with one attached hydrogen (secondary N) is 1. The van der Waals surface area contributed by atoms with E-state index in [9.17, 15) is 14.9 Å². The van der Waals surface area contributed by atoms with Crippen molar-refractivity contribution in [1.82, 2.24) is 5.43 Å². The van der Waals surface area contributed by atoms with Crippen molar-refractivity contribution in [2.75, 3.05) is 11.9 Å². The summed E-state index contributed by atoms with van der Waals surface area (Å²) in [6.45, 7) is 0. The predicted octanol–water partition coefficient (Wildman–Crippen LogP) is 4.13. The minimum Gasteiger partial charge on any atom is -0.339 e. The fourth-order valence-electron chi connectivity index (χ4n) is 2.66. The SMILES string of the molecule is CN(c1ccccc1)c1ccc(/C=N\NC(=O)c2ccccc2)cc1[N+](=O)[O-]. The summed E-state index contributed by atoms with van der Waals surface area (Å²) in [4.78, 5) is 24.8. The number of anilines is 2. The minimum atomic E-state index is -0.436. The van der Waals surface area contributed by atoms with E-state index in [4.69, 9.17) is 0 Å². The molecule has 7 nitrogen and oxygen atoms in total. The number of para-hydroxylation sites is 1. The number of carbonyl (C=O) groups is 1. The Balaban J connectivity index is 1.79. The van der Waals surface area contributed by atoms with Crippen LogP contribution in [0.3, 0.4) is 0 Å². The molecule has 3 rings (SSSR count). The molecule has 0 spiro atoms. The number of benzene rings is 3. The zero-order chi connectivity index (χ0) is 19.9. The zero-order valence-corrected chi connectivity index (χ0v) is 15.1. The predicted molar refractivity (Wildman–Crippen MR) is 109 cm³/mol. The van der Waals surface area contributed by atoms with E-state index in [1.165, 1.54) is 12.3 Å². The van der Waals surface area contributed by atoms with Gasteiger partial charge in [-0.2, -0.15) is 5.10 Å². The molecule has 0 atom stereocenters. The lowest BCUT2D eigenvalue weighted by molar-refractivity contribution is -0.384. The molecule has 0 radical (unpaired) electrons. The van der Waals surface area contributed by atoms with Crippen LogP contribution in [-0.4, -0.2) is 24.1 Å². The van der Waals surface area contributed by atoms with Crippen LogP contribution >= 0.6 is 0 Å². The number of hydrazone groups is 1. The van der Waals surface area contributed by atoms with Crippen LogP contribution in [0.2, 0.25) is 0 Å². The molecule has 0 aromatic heterocycles. The highest BCUT2D eigenvalue weighted by molar-refractivity contribution is 5.95. The van der Waals surface area contributed by atoms with Gasteiger partial charge in [-0.15, -0.1) is 0 Å². The number of hydrogen-bond donors (Lipinski definition) is 1. The summed E-state index contributed by atoms with van der Waals surface area (Å²) < 4.78 is 0. The molecule has 140 valence electrons. The Morgan fingerprint density at radius 3 is 2.32 bits per heavy atom. The highest BCUT2D eigenvalue weighted by Gasteiger charge is 2.18. The first-order valence-corrected chi connectivity index (χ1v) is 8.52. The Labute approximate surface area is 162 Å². The zero-order valence-electron chi connectivity index (χ0n) is 15.1. The van der Waals surface area contributed by atoms with Gasteiger partial charge >= 0.3 is 0 Å². The lowest BCUT2D eigenvalue weighted by Gasteiger charge is -2.19. The van der Waals surface area contributed by atoms with E-state index in [-0.39, 0.29) is 11.6 Å². The molecule has 28 heavy (non-hydrogen) atoms. The Bertz CT molecular complexity index is 1000. The summed E-state index contributed by atoms with van der Waals surface area (Å²) in [5.41, 5.74) is 4.64. The van der Waals surface area contributed by atoms with Crippen molar-refractivity contribution >= 4 is 29.2 Å². The molecule has 1 amide bonds. The number of carbonyl (C=O) groups excluding carboxylic acids is 1. The Kier molecular flexibility index (Phi) is 5.76. The van der Waals surface area contributed by atoms with Gasteiger partial charge in [0.15, 0.2) is 0 Å². The number of nitro groups is 1.